The predicted octanol–water partition coefficient (Wildman–Crippen LogP) is 3.13. The van der Waals surface area contributed by atoms with Crippen LogP contribution in [0.4, 0.5) is 0 Å². The van der Waals surface area contributed by atoms with E-state index < -0.39 is 0 Å². The average Bonchev–Trinajstić information content (AvgIpc) is 2.79. The summed E-state index contributed by atoms with van der Waals surface area (Å²) >= 11 is 0. The maximum Gasteiger partial charge on any atom is 0.117 e. The van der Waals surface area contributed by atoms with Gasteiger partial charge in [0.2, 0.25) is 0 Å². The van der Waals surface area contributed by atoms with Crippen LogP contribution in [0.3, 0.4) is 0 Å². The Bertz CT molecular complexity index is 335. The van der Waals surface area contributed by atoms with E-state index in [0.29, 0.717) is 0 Å². The van der Waals surface area contributed by atoms with Crippen molar-refractivity contribution >= 4 is 0 Å². The molecule has 1 unspecified atom stereocenters. The fourth-order valence-electron chi connectivity index (χ4n) is 2.93. The van der Waals surface area contributed by atoms with Crippen LogP contribution in [0.25, 0.3) is 0 Å². The molecule has 0 aliphatic carbocycles. The number of nitrogens with one attached hydrogen (secondary N) is 1. The molecule has 0 saturated carbocycles. The van der Waals surface area contributed by atoms with Crippen LogP contribution in [-0.2, 0) is 6.54 Å². The molecule has 1 aromatic heterocycles. The Labute approximate surface area is 117 Å². The van der Waals surface area contributed by atoms with Gasteiger partial charge in [0, 0.05) is 13.1 Å². The van der Waals surface area contributed by atoms with E-state index in [2.05, 4.69) is 24.1 Å². The third kappa shape index (κ3) is 5.00. The lowest BCUT2D eigenvalue weighted by atomic mass is 9.89. The summed E-state index contributed by atoms with van der Waals surface area (Å²) in [5.74, 6) is 2.80. The topological polar surface area (TPSA) is 28.4 Å². The third-order valence-electron chi connectivity index (χ3n) is 4.29. The smallest absolute Gasteiger partial charge is 0.117 e. The van der Waals surface area contributed by atoms with E-state index in [9.17, 15) is 0 Å². The first-order valence-corrected chi connectivity index (χ1v) is 7.71. The molecule has 1 fully saturated rings. The largest absolute Gasteiger partial charge is 0.468 e. The summed E-state index contributed by atoms with van der Waals surface area (Å²) in [6.07, 6.45) is 5.88. The molecule has 3 heteroatoms. The molecule has 1 N–H and O–H groups in total. The molecule has 0 radical (unpaired) electrons. The molecule has 3 nitrogen and oxygen atoms in total. The van der Waals surface area contributed by atoms with Crippen LogP contribution in [0.1, 0.15) is 38.9 Å². The zero-order chi connectivity index (χ0) is 13.5. The molecule has 1 atom stereocenters. The van der Waals surface area contributed by atoms with E-state index in [1.54, 1.807) is 6.26 Å². The molecular weight excluding hydrogens is 236 g/mol. The lowest BCUT2D eigenvalue weighted by Crippen LogP contribution is -2.32. The average molecular weight is 264 g/mol. The molecule has 0 aromatic carbocycles. The molecule has 1 aliphatic heterocycles. The second-order valence-electron chi connectivity index (χ2n) is 6.03. The van der Waals surface area contributed by atoms with E-state index in [1.165, 1.54) is 32.4 Å². The maximum absolute atomic E-state index is 5.31. The van der Waals surface area contributed by atoms with Gasteiger partial charge in [0.05, 0.1) is 12.8 Å². The zero-order valence-electron chi connectivity index (χ0n) is 12.4. The maximum atomic E-state index is 5.31. The van der Waals surface area contributed by atoms with Crippen LogP contribution in [0.2, 0.25) is 0 Å². The van der Waals surface area contributed by atoms with Crippen LogP contribution in [-0.4, -0.2) is 31.1 Å². The molecular formula is C16H28N2O. The number of furan rings is 1. The first-order chi connectivity index (χ1) is 9.25. The normalized spacial score (nSPS) is 21.7. The van der Waals surface area contributed by atoms with Gasteiger partial charge < -0.3 is 14.6 Å². The quantitative estimate of drug-likeness (QED) is 0.800. The third-order valence-corrected chi connectivity index (χ3v) is 4.29. The molecule has 1 aromatic rings. The fraction of sp³-hybridized carbons (Fsp3) is 0.750. The number of rotatable bonds is 6. The van der Waals surface area contributed by atoms with Crippen LogP contribution in [0.5, 0.6) is 0 Å². The van der Waals surface area contributed by atoms with Crippen molar-refractivity contribution in [2.75, 3.05) is 26.2 Å². The number of nitrogens with zero attached hydrogens (tertiary/aromatic N) is 1. The second-order valence-corrected chi connectivity index (χ2v) is 6.03. The van der Waals surface area contributed by atoms with Crippen molar-refractivity contribution in [3.8, 4) is 0 Å². The van der Waals surface area contributed by atoms with Crippen molar-refractivity contribution in [3.05, 3.63) is 24.2 Å². The molecule has 108 valence electrons. The minimum absolute atomic E-state index is 0.843. The molecule has 1 saturated heterocycles. The van der Waals surface area contributed by atoms with Crippen LogP contribution in [0, 0.1) is 11.8 Å². The summed E-state index contributed by atoms with van der Waals surface area (Å²) in [6, 6.07) is 3.96. The van der Waals surface area contributed by atoms with Crippen molar-refractivity contribution in [1.82, 2.24) is 10.2 Å². The second kappa shape index (κ2) is 7.71. The molecule has 0 bridgehead atoms. The highest BCUT2D eigenvalue weighted by Gasteiger charge is 2.18. The summed E-state index contributed by atoms with van der Waals surface area (Å²) in [6.45, 7) is 10.3. The Kier molecular flexibility index (Phi) is 5.93. The minimum Gasteiger partial charge on any atom is -0.468 e. The number of hydrogen-bond acceptors (Lipinski definition) is 3. The van der Waals surface area contributed by atoms with Gasteiger partial charge in [0.1, 0.15) is 5.76 Å². The predicted molar refractivity (Wildman–Crippen MR) is 79.0 cm³/mol. The number of hydrogen-bond donors (Lipinski definition) is 1. The van der Waals surface area contributed by atoms with Crippen molar-refractivity contribution in [1.29, 1.82) is 0 Å². The van der Waals surface area contributed by atoms with Gasteiger partial charge in [-0.15, -0.1) is 0 Å². The highest BCUT2D eigenvalue weighted by molar-refractivity contribution is 4.97. The fourth-order valence-corrected chi connectivity index (χ4v) is 2.93. The first-order valence-electron chi connectivity index (χ1n) is 7.71. The summed E-state index contributed by atoms with van der Waals surface area (Å²) in [5, 5.41) is 3.45. The highest BCUT2D eigenvalue weighted by atomic mass is 16.3. The molecule has 0 amide bonds. The van der Waals surface area contributed by atoms with E-state index in [4.69, 9.17) is 4.42 Å². The van der Waals surface area contributed by atoms with Crippen molar-refractivity contribution in [2.24, 2.45) is 11.8 Å². The van der Waals surface area contributed by atoms with Gasteiger partial charge in [-0.25, -0.2) is 0 Å². The summed E-state index contributed by atoms with van der Waals surface area (Å²) in [5.41, 5.74) is 0. The van der Waals surface area contributed by atoms with Crippen molar-refractivity contribution in [3.63, 3.8) is 0 Å². The summed E-state index contributed by atoms with van der Waals surface area (Å²) in [7, 11) is 0. The summed E-state index contributed by atoms with van der Waals surface area (Å²) < 4.78 is 5.31. The van der Waals surface area contributed by atoms with Gasteiger partial charge in [0.25, 0.3) is 0 Å². The molecule has 2 heterocycles. The zero-order valence-corrected chi connectivity index (χ0v) is 12.4. The Balaban J connectivity index is 1.61. The van der Waals surface area contributed by atoms with Crippen LogP contribution < -0.4 is 5.32 Å². The first kappa shape index (κ1) is 14.6. The van der Waals surface area contributed by atoms with Crippen LogP contribution in [0.15, 0.2) is 22.8 Å². The molecule has 1 aliphatic rings. The molecule has 19 heavy (non-hydrogen) atoms. The van der Waals surface area contributed by atoms with Gasteiger partial charge in [-0.2, -0.15) is 0 Å². The van der Waals surface area contributed by atoms with Gasteiger partial charge in [-0.3, -0.25) is 0 Å². The van der Waals surface area contributed by atoms with Gasteiger partial charge in [-0.1, -0.05) is 13.8 Å². The van der Waals surface area contributed by atoms with E-state index >= 15 is 0 Å². The van der Waals surface area contributed by atoms with Gasteiger partial charge in [-0.05, 0) is 56.3 Å². The Hall–Kier alpha value is -0.800. The lowest BCUT2D eigenvalue weighted by molar-refractivity contribution is 0.270. The SMILES string of the molecule is CC(C)C1CCCN(CCNCc2ccco2)CC1. The standard InChI is InChI=1S/C16H28N2O/c1-14(2)15-5-3-9-18(10-7-15)11-8-17-13-16-6-4-12-19-16/h4,6,12,14-15,17H,3,5,7-11,13H2,1-2H3. The minimum atomic E-state index is 0.843. The summed E-state index contributed by atoms with van der Waals surface area (Å²) in [4.78, 5) is 2.61. The van der Waals surface area contributed by atoms with Gasteiger partial charge >= 0.3 is 0 Å². The van der Waals surface area contributed by atoms with E-state index in [0.717, 1.165) is 37.2 Å². The highest BCUT2D eigenvalue weighted by Crippen LogP contribution is 2.24. The lowest BCUT2D eigenvalue weighted by Gasteiger charge is -2.21. The Morgan fingerprint density at radius 2 is 2.26 bits per heavy atom. The number of likely N-dealkylation sites (tertiary alicyclic amines) is 1. The van der Waals surface area contributed by atoms with E-state index in [-0.39, 0.29) is 0 Å². The Morgan fingerprint density at radius 1 is 1.37 bits per heavy atom. The molecule has 2 rings (SSSR count). The monoisotopic (exact) mass is 264 g/mol. The van der Waals surface area contributed by atoms with Crippen molar-refractivity contribution in [2.45, 2.75) is 39.7 Å². The Morgan fingerprint density at radius 3 is 3.00 bits per heavy atom. The van der Waals surface area contributed by atoms with Crippen LogP contribution >= 0.6 is 0 Å². The van der Waals surface area contributed by atoms with E-state index in [1.807, 2.05) is 12.1 Å². The molecule has 0 spiro atoms. The van der Waals surface area contributed by atoms with Gasteiger partial charge in [0.15, 0.2) is 0 Å². The van der Waals surface area contributed by atoms with Crippen molar-refractivity contribution < 1.29 is 4.42 Å².